The molecule has 0 aliphatic rings. The Bertz CT molecular complexity index is 565. The highest BCUT2D eigenvalue weighted by atomic mass is 32.2. The Morgan fingerprint density at radius 1 is 1.37 bits per heavy atom. The molecule has 0 saturated heterocycles. The molecule has 0 fully saturated rings. The van der Waals surface area contributed by atoms with Gasteiger partial charge in [-0.15, -0.1) is 10.2 Å². The fourth-order valence-electron chi connectivity index (χ4n) is 1.31. The Morgan fingerprint density at radius 3 is 2.74 bits per heavy atom. The van der Waals surface area contributed by atoms with Gasteiger partial charge in [-0.25, -0.2) is 0 Å². The standard InChI is InChI=1S/C12H14N4OS2/c1-8-3-5-9(6-4-8)11(13)16-17-7-10-14-15-12(18-2)19-10/h3-6H,7H2,1-2H3,(H2,13,16). The molecule has 1 aromatic heterocycles. The van der Waals surface area contributed by atoms with Gasteiger partial charge in [0.25, 0.3) is 0 Å². The number of oxime groups is 1. The van der Waals surface area contributed by atoms with Crippen molar-refractivity contribution >= 4 is 28.9 Å². The summed E-state index contributed by atoms with van der Waals surface area (Å²) in [6, 6.07) is 7.78. The molecule has 2 N–H and O–H groups in total. The van der Waals surface area contributed by atoms with Gasteiger partial charge in [-0.1, -0.05) is 58.1 Å². The number of aryl methyl sites for hydroxylation is 1. The van der Waals surface area contributed by atoms with Crippen LogP contribution in [0.2, 0.25) is 0 Å². The van der Waals surface area contributed by atoms with Gasteiger partial charge in [0.1, 0.15) is 0 Å². The number of rotatable bonds is 5. The third kappa shape index (κ3) is 3.93. The molecule has 0 saturated carbocycles. The van der Waals surface area contributed by atoms with Crippen molar-refractivity contribution in [1.29, 1.82) is 0 Å². The average molecular weight is 294 g/mol. The van der Waals surface area contributed by atoms with Crippen LogP contribution in [0.25, 0.3) is 0 Å². The van der Waals surface area contributed by atoms with Crippen LogP contribution in [-0.2, 0) is 11.4 Å². The van der Waals surface area contributed by atoms with E-state index in [1.165, 1.54) is 16.9 Å². The summed E-state index contributed by atoms with van der Waals surface area (Å²) in [5.41, 5.74) is 7.85. The second-order valence-electron chi connectivity index (χ2n) is 3.78. The summed E-state index contributed by atoms with van der Waals surface area (Å²) < 4.78 is 0.911. The third-order valence-electron chi connectivity index (χ3n) is 2.32. The minimum absolute atomic E-state index is 0.283. The first-order valence-electron chi connectivity index (χ1n) is 5.58. The second kappa shape index (κ2) is 6.53. The number of thioether (sulfide) groups is 1. The normalized spacial score (nSPS) is 11.6. The van der Waals surface area contributed by atoms with Crippen LogP contribution in [0.5, 0.6) is 0 Å². The van der Waals surface area contributed by atoms with Gasteiger partial charge in [0.15, 0.2) is 21.8 Å². The number of amidine groups is 1. The highest BCUT2D eigenvalue weighted by Gasteiger charge is 2.03. The largest absolute Gasteiger partial charge is 0.387 e. The molecule has 1 heterocycles. The zero-order valence-corrected chi connectivity index (χ0v) is 12.3. The molecule has 2 aromatic rings. The van der Waals surface area contributed by atoms with E-state index in [0.717, 1.165) is 14.9 Å². The van der Waals surface area contributed by atoms with Crippen molar-refractivity contribution in [2.45, 2.75) is 17.9 Å². The molecule has 1 aromatic carbocycles. The molecule has 0 bridgehead atoms. The molecular weight excluding hydrogens is 280 g/mol. The van der Waals surface area contributed by atoms with Crippen molar-refractivity contribution in [3.8, 4) is 0 Å². The van der Waals surface area contributed by atoms with Crippen LogP contribution < -0.4 is 5.73 Å². The molecule has 0 aliphatic heterocycles. The van der Waals surface area contributed by atoms with Crippen molar-refractivity contribution in [2.75, 3.05) is 6.26 Å². The summed E-state index contributed by atoms with van der Waals surface area (Å²) in [6.07, 6.45) is 1.96. The van der Waals surface area contributed by atoms with Gasteiger partial charge in [0, 0.05) is 5.56 Å². The number of nitrogens with two attached hydrogens (primary N) is 1. The number of nitrogens with zero attached hydrogens (tertiary/aromatic N) is 3. The molecule has 7 heteroatoms. The van der Waals surface area contributed by atoms with Crippen LogP contribution in [0.3, 0.4) is 0 Å². The lowest BCUT2D eigenvalue weighted by molar-refractivity contribution is 0.129. The van der Waals surface area contributed by atoms with Crippen LogP contribution >= 0.6 is 23.1 Å². The highest BCUT2D eigenvalue weighted by Crippen LogP contribution is 2.19. The van der Waals surface area contributed by atoms with Crippen LogP contribution in [0.4, 0.5) is 0 Å². The average Bonchev–Trinajstić information content (AvgIpc) is 2.87. The van der Waals surface area contributed by atoms with Crippen molar-refractivity contribution in [3.05, 3.63) is 40.4 Å². The lowest BCUT2D eigenvalue weighted by Gasteiger charge is -2.01. The Labute approximate surface area is 119 Å². The van der Waals surface area contributed by atoms with Gasteiger partial charge in [-0.3, -0.25) is 0 Å². The molecule has 2 rings (SSSR count). The molecule has 0 unspecified atom stereocenters. The summed E-state index contributed by atoms with van der Waals surface area (Å²) in [6.45, 7) is 2.30. The predicted molar refractivity (Wildman–Crippen MR) is 78.4 cm³/mol. The lowest BCUT2D eigenvalue weighted by atomic mass is 10.1. The smallest absolute Gasteiger partial charge is 0.174 e. The third-order valence-corrected chi connectivity index (χ3v) is 4.19. The number of hydrogen-bond donors (Lipinski definition) is 1. The van der Waals surface area contributed by atoms with Gasteiger partial charge < -0.3 is 10.6 Å². The van der Waals surface area contributed by atoms with Crippen molar-refractivity contribution in [1.82, 2.24) is 10.2 Å². The van der Waals surface area contributed by atoms with Crippen molar-refractivity contribution in [2.24, 2.45) is 10.9 Å². The van der Waals surface area contributed by atoms with Crippen molar-refractivity contribution < 1.29 is 4.84 Å². The van der Waals surface area contributed by atoms with Crippen LogP contribution in [-0.4, -0.2) is 22.3 Å². The number of aromatic nitrogens is 2. The zero-order chi connectivity index (χ0) is 13.7. The van der Waals surface area contributed by atoms with E-state index < -0.39 is 0 Å². The first-order chi connectivity index (χ1) is 9.19. The minimum atomic E-state index is 0.283. The Morgan fingerprint density at radius 2 is 2.11 bits per heavy atom. The lowest BCUT2D eigenvalue weighted by Crippen LogP contribution is -2.13. The topological polar surface area (TPSA) is 73.4 Å². The molecule has 0 amide bonds. The molecule has 19 heavy (non-hydrogen) atoms. The van der Waals surface area contributed by atoms with E-state index >= 15 is 0 Å². The monoisotopic (exact) mass is 294 g/mol. The van der Waals surface area contributed by atoms with Gasteiger partial charge in [0.05, 0.1) is 0 Å². The fourth-order valence-corrected chi connectivity index (χ4v) is 2.53. The van der Waals surface area contributed by atoms with E-state index in [0.29, 0.717) is 5.84 Å². The van der Waals surface area contributed by atoms with Crippen molar-refractivity contribution in [3.63, 3.8) is 0 Å². The highest BCUT2D eigenvalue weighted by molar-refractivity contribution is 8.00. The Balaban J connectivity index is 1.93. The zero-order valence-electron chi connectivity index (χ0n) is 10.7. The molecular formula is C12H14N4OS2. The second-order valence-corrected chi connectivity index (χ2v) is 5.90. The molecule has 0 atom stereocenters. The molecule has 0 aliphatic carbocycles. The number of hydrogen-bond acceptors (Lipinski definition) is 6. The Kier molecular flexibility index (Phi) is 4.75. The van der Waals surface area contributed by atoms with Crippen LogP contribution in [0.15, 0.2) is 33.8 Å². The van der Waals surface area contributed by atoms with Crippen LogP contribution in [0.1, 0.15) is 16.1 Å². The maximum atomic E-state index is 5.83. The Hall–Kier alpha value is -1.60. The first kappa shape index (κ1) is 13.8. The number of benzene rings is 1. The van der Waals surface area contributed by atoms with Gasteiger partial charge >= 0.3 is 0 Å². The van der Waals surface area contributed by atoms with Gasteiger partial charge in [-0.2, -0.15) is 0 Å². The van der Waals surface area contributed by atoms with E-state index in [-0.39, 0.29) is 6.61 Å². The van der Waals surface area contributed by atoms with E-state index in [1.54, 1.807) is 11.8 Å². The van der Waals surface area contributed by atoms with E-state index in [1.807, 2.05) is 37.4 Å². The SMILES string of the molecule is CSc1nnc(CON=C(N)c2ccc(C)cc2)s1. The summed E-state index contributed by atoms with van der Waals surface area (Å²) in [4.78, 5) is 5.19. The molecule has 0 radical (unpaired) electrons. The molecule has 100 valence electrons. The van der Waals surface area contributed by atoms with Gasteiger partial charge in [-0.05, 0) is 13.2 Å². The first-order valence-corrected chi connectivity index (χ1v) is 7.62. The van der Waals surface area contributed by atoms with E-state index in [2.05, 4.69) is 15.4 Å². The summed E-state index contributed by atoms with van der Waals surface area (Å²) in [5.74, 6) is 0.356. The van der Waals surface area contributed by atoms with Gasteiger partial charge in [0.2, 0.25) is 0 Å². The minimum Gasteiger partial charge on any atom is -0.387 e. The summed E-state index contributed by atoms with van der Waals surface area (Å²) in [5, 5.41) is 12.6. The quantitative estimate of drug-likeness (QED) is 0.397. The summed E-state index contributed by atoms with van der Waals surface area (Å²) >= 11 is 3.04. The maximum absolute atomic E-state index is 5.83. The molecule has 5 nitrogen and oxygen atoms in total. The van der Waals surface area contributed by atoms with E-state index in [4.69, 9.17) is 10.6 Å². The van der Waals surface area contributed by atoms with E-state index in [9.17, 15) is 0 Å². The van der Waals surface area contributed by atoms with Crippen LogP contribution in [0, 0.1) is 6.92 Å². The fraction of sp³-hybridized carbons (Fsp3) is 0.250. The summed E-state index contributed by atoms with van der Waals surface area (Å²) in [7, 11) is 0. The predicted octanol–water partition coefficient (Wildman–Crippen LogP) is 2.41. The maximum Gasteiger partial charge on any atom is 0.174 e. The molecule has 0 spiro atoms.